The average molecular weight is 528 g/mol. The molecule has 7 heteroatoms. The Kier molecular flexibility index (Phi) is 8.13. The summed E-state index contributed by atoms with van der Waals surface area (Å²) in [5.41, 5.74) is 9.11. The SMILES string of the molecule is COc1c(C=CC2=[N+]3[B]n4c(ccc4CCC(=O)NCCO)C=C3C(C)=C2)cc(C(C)(C)C)cc1C(C)(C)C. The molecular formula is C32H42BN3O3+. The van der Waals surface area contributed by atoms with Gasteiger partial charge in [-0.2, -0.15) is 0 Å². The highest BCUT2D eigenvalue weighted by atomic mass is 16.5. The van der Waals surface area contributed by atoms with Gasteiger partial charge in [-0.15, -0.1) is 0 Å². The van der Waals surface area contributed by atoms with Gasteiger partial charge in [0.15, 0.2) is 11.4 Å². The monoisotopic (exact) mass is 527 g/mol. The predicted molar refractivity (Wildman–Crippen MR) is 160 cm³/mol. The summed E-state index contributed by atoms with van der Waals surface area (Å²) in [6, 6.07) is 8.72. The third-order valence-corrected chi connectivity index (χ3v) is 7.33. The Morgan fingerprint density at radius 2 is 1.85 bits per heavy atom. The lowest BCUT2D eigenvalue weighted by molar-refractivity contribution is -0.313. The first-order chi connectivity index (χ1) is 18.3. The Balaban J connectivity index is 1.68. The highest BCUT2D eigenvalue weighted by molar-refractivity contribution is 6.29. The van der Waals surface area contributed by atoms with Gasteiger partial charge in [0, 0.05) is 59.3 Å². The number of carbonyl (C=O) groups is 1. The molecule has 3 heterocycles. The van der Waals surface area contributed by atoms with Gasteiger partial charge in [0.1, 0.15) is 5.75 Å². The molecular weight excluding hydrogens is 485 g/mol. The third kappa shape index (κ3) is 6.14. The number of fused-ring (bicyclic) bond motifs is 2. The molecule has 2 aliphatic rings. The Hall–Kier alpha value is -3.32. The average Bonchev–Trinajstić information content (AvgIpc) is 3.41. The molecule has 1 amide bonds. The maximum atomic E-state index is 12.1. The second-order valence-electron chi connectivity index (χ2n) is 12.4. The van der Waals surface area contributed by atoms with Crippen molar-refractivity contribution in [2.24, 2.45) is 0 Å². The number of aliphatic hydroxyl groups excluding tert-OH is 1. The van der Waals surface area contributed by atoms with Gasteiger partial charge in [-0.25, -0.2) is 0 Å². The summed E-state index contributed by atoms with van der Waals surface area (Å²) in [5.74, 6) is 0.862. The van der Waals surface area contributed by atoms with E-state index in [1.165, 1.54) is 16.7 Å². The van der Waals surface area contributed by atoms with Crippen molar-refractivity contribution in [3.63, 3.8) is 0 Å². The van der Waals surface area contributed by atoms with Crippen LogP contribution >= 0.6 is 0 Å². The van der Waals surface area contributed by atoms with Crippen LogP contribution in [0.5, 0.6) is 5.75 Å². The summed E-state index contributed by atoms with van der Waals surface area (Å²) in [5, 5.41) is 11.7. The summed E-state index contributed by atoms with van der Waals surface area (Å²) >= 11 is 0. The number of methoxy groups -OCH3 is 1. The fourth-order valence-corrected chi connectivity index (χ4v) is 5.05. The van der Waals surface area contributed by atoms with E-state index in [4.69, 9.17) is 9.84 Å². The number of allylic oxidation sites excluding steroid dienone is 3. The van der Waals surface area contributed by atoms with E-state index in [0.29, 0.717) is 12.8 Å². The molecule has 0 atom stereocenters. The van der Waals surface area contributed by atoms with Gasteiger partial charge in [0.05, 0.1) is 13.7 Å². The summed E-state index contributed by atoms with van der Waals surface area (Å²) < 4.78 is 10.3. The summed E-state index contributed by atoms with van der Waals surface area (Å²) in [6.45, 7) is 15.8. The fourth-order valence-electron chi connectivity index (χ4n) is 5.05. The summed E-state index contributed by atoms with van der Waals surface area (Å²) in [4.78, 5) is 12.1. The number of nitrogens with one attached hydrogen (secondary N) is 1. The molecule has 0 saturated carbocycles. The molecule has 0 saturated heterocycles. The van der Waals surface area contributed by atoms with Gasteiger partial charge >= 0.3 is 7.55 Å². The number of carbonyl (C=O) groups excluding carboxylic acids is 1. The van der Waals surface area contributed by atoms with E-state index in [2.05, 4.69) is 119 Å². The zero-order chi connectivity index (χ0) is 28.5. The van der Waals surface area contributed by atoms with Crippen molar-refractivity contribution >= 4 is 31.3 Å². The zero-order valence-corrected chi connectivity index (χ0v) is 24.7. The highest BCUT2D eigenvalue weighted by Crippen LogP contribution is 2.39. The molecule has 0 aliphatic carbocycles. The molecule has 0 unspecified atom stereocenters. The van der Waals surface area contributed by atoms with Crippen LogP contribution in [0.1, 0.15) is 83.0 Å². The van der Waals surface area contributed by atoms with Crippen molar-refractivity contribution in [1.82, 2.24) is 9.79 Å². The maximum absolute atomic E-state index is 12.1. The Morgan fingerprint density at radius 3 is 2.49 bits per heavy atom. The molecule has 0 spiro atoms. The number of nitrogens with zero attached hydrogens (tertiary/aromatic N) is 2. The van der Waals surface area contributed by atoms with Crippen LogP contribution in [0.4, 0.5) is 0 Å². The number of rotatable bonds is 8. The van der Waals surface area contributed by atoms with E-state index in [1.54, 1.807) is 7.11 Å². The fraction of sp³-hybridized carbons (Fsp3) is 0.438. The Bertz CT molecular complexity index is 1390. The summed E-state index contributed by atoms with van der Waals surface area (Å²) in [6.07, 6.45) is 9.72. The third-order valence-electron chi connectivity index (χ3n) is 7.33. The molecule has 2 N–H and O–H groups in total. The number of aromatic nitrogens is 1. The smallest absolute Gasteiger partial charge is 0.496 e. The van der Waals surface area contributed by atoms with Crippen molar-refractivity contribution in [3.8, 4) is 5.75 Å². The molecule has 1 radical (unpaired) electrons. The highest BCUT2D eigenvalue weighted by Gasteiger charge is 2.35. The van der Waals surface area contributed by atoms with Crippen LogP contribution < -0.4 is 10.1 Å². The molecule has 2 aliphatic heterocycles. The predicted octanol–water partition coefficient (Wildman–Crippen LogP) is 5.00. The van der Waals surface area contributed by atoms with Crippen molar-refractivity contribution in [3.05, 3.63) is 75.8 Å². The van der Waals surface area contributed by atoms with Gasteiger partial charge in [0.2, 0.25) is 5.91 Å². The van der Waals surface area contributed by atoms with Crippen molar-refractivity contribution in [2.45, 2.75) is 72.1 Å². The van der Waals surface area contributed by atoms with Crippen LogP contribution in [0.25, 0.3) is 12.2 Å². The minimum atomic E-state index is -0.0566. The number of amides is 1. The number of hydrogen-bond acceptors (Lipinski definition) is 3. The maximum Gasteiger partial charge on any atom is 0.700 e. The van der Waals surface area contributed by atoms with Gasteiger partial charge in [-0.05, 0) is 54.0 Å². The Morgan fingerprint density at radius 1 is 1.10 bits per heavy atom. The molecule has 1 aromatic carbocycles. The van der Waals surface area contributed by atoms with Crippen molar-refractivity contribution < 1.29 is 19.1 Å². The number of benzene rings is 1. The molecule has 4 rings (SSSR count). The molecule has 0 bridgehead atoms. The molecule has 1 aromatic heterocycles. The number of hydrogen-bond donors (Lipinski definition) is 2. The topological polar surface area (TPSA) is 66.5 Å². The molecule has 2 aromatic rings. The van der Waals surface area contributed by atoms with Crippen LogP contribution in [-0.4, -0.2) is 53.5 Å². The zero-order valence-electron chi connectivity index (χ0n) is 24.7. The number of aryl methyl sites for hydroxylation is 1. The second-order valence-corrected chi connectivity index (χ2v) is 12.4. The first-order valence-corrected chi connectivity index (χ1v) is 13.7. The van der Waals surface area contributed by atoms with E-state index in [9.17, 15) is 4.79 Å². The minimum absolute atomic E-state index is 0.0125. The van der Waals surface area contributed by atoms with Gasteiger partial charge in [0.25, 0.3) is 0 Å². The van der Waals surface area contributed by atoms with Crippen LogP contribution in [0.15, 0.2) is 47.7 Å². The van der Waals surface area contributed by atoms with Crippen molar-refractivity contribution in [2.75, 3.05) is 20.3 Å². The van der Waals surface area contributed by atoms with E-state index >= 15 is 0 Å². The van der Waals surface area contributed by atoms with Crippen molar-refractivity contribution in [1.29, 1.82) is 0 Å². The van der Waals surface area contributed by atoms with Gasteiger partial charge in [-0.3, -0.25) is 9.28 Å². The lowest BCUT2D eigenvalue weighted by atomic mass is 9.79. The molecule has 6 nitrogen and oxygen atoms in total. The quantitative estimate of drug-likeness (QED) is 0.475. The Labute approximate surface area is 234 Å². The van der Waals surface area contributed by atoms with Crippen LogP contribution in [0, 0.1) is 0 Å². The first-order valence-electron chi connectivity index (χ1n) is 13.7. The van der Waals surface area contributed by atoms with Crippen LogP contribution in [0.2, 0.25) is 0 Å². The molecule has 0 fully saturated rings. The molecule has 205 valence electrons. The van der Waals surface area contributed by atoms with Gasteiger partial charge < -0.3 is 19.6 Å². The number of aliphatic hydroxyl groups is 1. The first kappa shape index (κ1) is 28.7. The second kappa shape index (κ2) is 11.0. The van der Waals surface area contributed by atoms with E-state index in [0.717, 1.165) is 34.1 Å². The van der Waals surface area contributed by atoms with Crippen LogP contribution in [-0.2, 0) is 22.0 Å². The minimum Gasteiger partial charge on any atom is -0.496 e. The van der Waals surface area contributed by atoms with E-state index < -0.39 is 0 Å². The normalized spacial score (nSPS) is 15.1. The standard InChI is InChI=1S/C32H42BN3O3/c1-21-17-25(10-9-22-18-23(31(2,3)4)19-27(30(22)39-8)32(5,6)7)36-28(21)20-26-12-11-24(35(26)33-36)13-14-29(38)34-15-16-37/h9-12,17-20,37H,13-16H2,1-8H3,(H,34,38)/q+1. The lowest BCUT2D eigenvalue weighted by Crippen LogP contribution is -2.31. The molecule has 39 heavy (non-hydrogen) atoms. The van der Waals surface area contributed by atoms with Crippen LogP contribution in [0.3, 0.4) is 0 Å². The van der Waals surface area contributed by atoms with Gasteiger partial charge in [-0.1, -0.05) is 47.6 Å². The van der Waals surface area contributed by atoms with E-state index in [1.807, 2.05) is 0 Å². The largest absolute Gasteiger partial charge is 0.700 e. The lowest BCUT2D eigenvalue weighted by Gasteiger charge is -2.28. The number of ether oxygens (including phenoxy) is 1. The summed E-state index contributed by atoms with van der Waals surface area (Å²) in [7, 11) is 3.87. The van der Waals surface area contributed by atoms with E-state index in [-0.39, 0.29) is 29.9 Å².